The summed E-state index contributed by atoms with van der Waals surface area (Å²) >= 11 is 0. The van der Waals surface area contributed by atoms with Gasteiger partial charge in [-0.3, -0.25) is 4.99 Å². The molecule has 2 nitrogen and oxygen atoms in total. The number of hydrogen-bond acceptors (Lipinski definition) is 2. The van der Waals surface area contributed by atoms with E-state index in [1.54, 1.807) is 0 Å². The summed E-state index contributed by atoms with van der Waals surface area (Å²) in [6.07, 6.45) is 13.8. The standard InChI is InChI=1S/C23H39NOSi/c1-23(2,3)26(4,5)25-20-16-11-9-7-6-8-10-15-19-24-21-22-17-13-12-14-18-22/h6-7,12-14,17-18,21H,8-11,15-16,19-20H2,1-5H3/b7-6-,24-21?. The van der Waals surface area contributed by atoms with Crippen LogP contribution in [0.25, 0.3) is 0 Å². The number of aliphatic imine (C=N–C) groups is 1. The van der Waals surface area contributed by atoms with Crippen LogP contribution in [0.1, 0.15) is 64.9 Å². The van der Waals surface area contributed by atoms with Crippen molar-refractivity contribution in [3.8, 4) is 0 Å². The van der Waals surface area contributed by atoms with Gasteiger partial charge in [0.15, 0.2) is 8.32 Å². The maximum Gasteiger partial charge on any atom is 0.191 e. The molecule has 1 aromatic rings. The molecule has 0 saturated heterocycles. The first-order valence-corrected chi connectivity index (χ1v) is 13.1. The summed E-state index contributed by atoms with van der Waals surface area (Å²) in [5, 5.41) is 0.318. The van der Waals surface area contributed by atoms with Gasteiger partial charge >= 0.3 is 0 Å². The van der Waals surface area contributed by atoms with Crippen LogP contribution in [0.2, 0.25) is 18.1 Å². The van der Waals surface area contributed by atoms with Gasteiger partial charge in [0, 0.05) is 19.4 Å². The Kier molecular flexibility index (Phi) is 10.8. The minimum absolute atomic E-state index is 0.318. The molecule has 0 unspecified atom stereocenters. The highest BCUT2D eigenvalue weighted by Crippen LogP contribution is 2.36. The summed E-state index contributed by atoms with van der Waals surface area (Å²) < 4.78 is 6.21. The molecule has 0 saturated carbocycles. The quantitative estimate of drug-likeness (QED) is 0.167. The van der Waals surface area contributed by atoms with Crippen molar-refractivity contribution in [1.82, 2.24) is 0 Å². The van der Waals surface area contributed by atoms with Crippen LogP contribution in [0.3, 0.4) is 0 Å². The van der Waals surface area contributed by atoms with Gasteiger partial charge in [0.25, 0.3) is 0 Å². The normalized spacial score (nSPS) is 13.1. The Morgan fingerprint density at radius 3 is 2.15 bits per heavy atom. The van der Waals surface area contributed by atoms with Crippen molar-refractivity contribution in [3.63, 3.8) is 0 Å². The van der Waals surface area contributed by atoms with Crippen LogP contribution in [0.5, 0.6) is 0 Å². The Morgan fingerprint density at radius 1 is 0.923 bits per heavy atom. The average Bonchev–Trinajstić information content (AvgIpc) is 2.59. The van der Waals surface area contributed by atoms with Gasteiger partial charge in [-0.25, -0.2) is 0 Å². The smallest absolute Gasteiger partial charge is 0.191 e. The molecule has 1 rings (SSSR count). The molecule has 0 aliphatic carbocycles. The van der Waals surface area contributed by atoms with Crippen molar-refractivity contribution >= 4 is 14.5 Å². The van der Waals surface area contributed by atoms with Crippen LogP contribution in [0.15, 0.2) is 47.5 Å². The summed E-state index contributed by atoms with van der Waals surface area (Å²) in [7, 11) is -1.55. The molecule has 0 aliphatic heterocycles. The van der Waals surface area contributed by atoms with Gasteiger partial charge in [0.1, 0.15) is 0 Å². The van der Waals surface area contributed by atoms with E-state index in [0.717, 1.165) is 19.6 Å². The Balaban J connectivity index is 1.96. The van der Waals surface area contributed by atoms with Crippen LogP contribution >= 0.6 is 0 Å². The third kappa shape index (κ3) is 10.1. The van der Waals surface area contributed by atoms with E-state index in [1.807, 2.05) is 24.4 Å². The van der Waals surface area contributed by atoms with Gasteiger partial charge < -0.3 is 4.43 Å². The monoisotopic (exact) mass is 373 g/mol. The van der Waals surface area contributed by atoms with Crippen LogP contribution in [-0.2, 0) is 4.43 Å². The highest BCUT2D eigenvalue weighted by molar-refractivity contribution is 6.74. The summed E-state index contributed by atoms with van der Waals surface area (Å²) in [5.41, 5.74) is 1.19. The maximum absolute atomic E-state index is 6.21. The Hall–Kier alpha value is -1.19. The fourth-order valence-corrected chi connectivity index (χ4v) is 3.41. The molecule has 0 N–H and O–H groups in total. The topological polar surface area (TPSA) is 21.6 Å². The lowest BCUT2D eigenvalue weighted by molar-refractivity contribution is 0.279. The molecule has 26 heavy (non-hydrogen) atoms. The largest absolute Gasteiger partial charge is 0.417 e. The molecule has 0 bridgehead atoms. The van der Waals surface area contributed by atoms with Crippen molar-refractivity contribution in [1.29, 1.82) is 0 Å². The van der Waals surface area contributed by atoms with E-state index in [4.69, 9.17) is 4.43 Å². The van der Waals surface area contributed by atoms with Crippen LogP contribution in [0, 0.1) is 0 Å². The molecule has 0 fully saturated rings. The molecule has 0 heterocycles. The number of nitrogens with zero attached hydrogens (tertiary/aromatic N) is 1. The molecule has 0 aromatic heterocycles. The minimum atomic E-state index is -1.55. The number of benzene rings is 1. The predicted octanol–water partition coefficient (Wildman–Crippen LogP) is 7.02. The zero-order valence-electron chi connectivity index (χ0n) is 17.6. The molecule has 0 spiro atoms. The van der Waals surface area contributed by atoms with Crippen molar-refractivity contribution in [2.24, 2.45) is 4.99 Å². The van der Waals surface area contributed by atoms with Crippen molar-refractivity contribution in [2.45, 2.75) is 77.4 Å². The van der Waals surface area contributed by atoms with Crippen LogP contribution < -0.4 is 0 Å². The Labute approximate surface area is 162 Å². The lowest BCUT2D eigenvalue weighted by atomic mass is 10.2. The first-order valence-electron chi connectivity index (χ1n) is 10.2. The lowest BCUT2D eigenvalue weighted by Gasteiger charge is -2.36. The highest BCUT2D eigenvalue weighted by Gasteiger charge is 2.36. The maximum atomic E-state index is 6.21. The van der Waals surface area contributed by atoms with Gasteiger partial charge in [-0.2, -0.15) is 0 Å². The first-order chi connectivity index (χ1) is 12.3. The lowest BCUT2D eigenvalue weighted by Crippen LogP contribution is -2.40. The molecule has 0 amide bonds. The number of allylic oxidation sites excluding steroid dienone is 2. The Bertz CT molecular complexity index is 529. The van der Waals surface area contributed by atoms with Crippen molar-refractivity contribution in [2.75, 3.05) is 13.2 Å². The molecule has 1 aromatic carbocycles. The molecule has 3 heteroatoms. The van der Waals surface area contributed by atoms with E-state index in [1.165, 1.54) is 37.7 Å². The van der Waals surface area contributed by atoms with Gasteiger partial charge in [0.05, 0.1) is 0 Å². The number of rotatable bonds is 12. The van der Waals surface area contributed by atoms with E-state index in [0.29, 0.717) is 5.04 Å². The molecule has 0 radical (unpaired) electrons. The third-order valence-electron chi connectivity index (χ3n) is 5.15. The second-order valence-corrected chi connectivity index (χ2v) is 13.3. The minimum Gasteiger partial charge on any atom is -0.417 e. The second kappa shape index (κ2) is 12.2. The van der Waals surface area contributed by atoms with E-state index in [2.05, 4.69) is 63.1 Å². The fourth-order valence-electron chi connectivity index (χ4n) is 2.32. The van der Waals surface area contributed by atoms with Gasteiger partial charge in [0.2, 0.25) is 0 Å². The Morgan fingerprint density at radius 2 is 1.54 bits per heavy atom. The molecule has 0 aliphatic rings. The van der Waals surface area contributed by atoms with Gasteiger partial charge in [-0.15, -0.1) is 0 Å². The average molecular weight is 374 g/mol. The number of hydrogen-bond donors (Lipinski definition) is 0. The molecule has 146 valence electrons. The predicted molar refractivity (Wildman–Crippen MR) is 119 cm³/mol. The zero-order valence-corrected chi connectivity index (χ0v) is 18.6. The van der Waals surface area contributed by atoms with E-state index >= 15 is 0 Å². The third-order valence-corrected chi connectivity index (χ3v) is 9.69. The first kappa shape index (κ1) is 22.8. The zero-order chi connectivity index (χ0) is 19.3. The highest BCUT2D eigenvalue weighted by atomic mass is 28.4. The van der Waals surface area contributed by atoms with Crippen LogP contribution in [-0.4, -0.2) is 27.7 Å². The number of unbranched alkanes of at least 4 members (excludes halogenated alkanes) is 4. The van der Waals surface area contributed by atoms with E-state index < -0.39 is 8.32 Å². The summed E-state index contributed by atoms with van der Waals surface area (Å²) in [6.45, 7) is 13.4. The van der Waals surface area contributed by atoms with Crippen molar-refractivity contribution < 1.29 is 4.43 Å². The fraction of sp³-hybridized carbons (Fsp3) is 0.609. The molecular weight excluding hydrogens is 334 g/mol. The second-order valence-electron chi connectivity index (χ2n) is 8.52. The van der Waals surface area contributed by atoms with Crippen molar-refractivity contribution in [3.05, 3.63) is 48.0 Å². The van der Waals surface area contributed by atoms with Crippen LogP contribution in [0.4, 0.5) is 0 Å². The van der Waals surface area contributed by atoms with E-state index in [9.17, 15) is 0 Å². The van der Waals surface area contributed by atoms with Gasteiger partial charge in [-0.1, -0.05) is 63.3 Å². The molecule has 0 atom stereocenters. The summed E-state index contributed by atoms with van der Waals surface area (Å²) in [5.74, 6) is 0. The van der Waals surface area contributed by atoms with Gasteiger partial charge in [-0.05, 0) is 62.2 Å². The molecular formula is C23H39NOSi. The SMILES string of the molecule is CC(C)(C)[Si](C)(C)OCCCC/C=C\CCCCN=Cc1ccccc1. The van der Waals surface area contributed by atoms with E-state index in [-0.39, 0.29) is 0 Å². The summed E-state index contributed by atoms with van der Waals surface area (Å²) in [6, 6.07) is 10.3. The summed E-state index contributed by atoms with van der Waals surface area (Å²) in [4.78, 5) is 4.49.